The van der Waals surface area contributed by atoms with E-state index < -0.39 is 5.91 Å². The van der Waals surface area contributed by atoms with Crippen molar-refractivity contribution in [1.82, 2.24) is 0 Å². The van der Waals surface area contributed by atoms with Crippen molar-refractivity contribution in [2.24, 2.45) is 0 Å². The largest absolute Gasteiger partial charge is 0.366 e. The number of likely N-dealkylation sites (N-methyl/N-ethyl adjacent to an activating group) is 1. The Morgan fingerprint density at radius 2 is 1.93 bits per heavy atom. The predicted octanol–water partition coefficient (Wildman–Crippen LogP) is 5.17. The van der Waals surface area contributed by atoms with Crippen LogP contribution >= 0.6 is 0 Å². The number of hydrogen-bond donors (Lipinski definition) is 1. The summed E-state index contributed by atoms with van der Waals surface area (Å²) in [6.45, 7) is 8.40. The first-order valence-corrected chi connectivity index (χ1v) is 9.29. The third-order valence-electron chi connectivity index (χ3n) is 5.19. The van der Waals surface area contributed by atoms with Gasteiger partial charge in [-0.2, -0.15) is 5.26 Å². The van der Waals surface area contributed by atoms with Crippen LogP contribution in [-0.4, -0.2) is 18.5 Å². The van der Waals surface area contributed by atoms with Crippen molar-refractivity contribution in [1.29, 1.82) is 5.26 Å². The second kappa shape index (κ2) is 7.36. The van der Waals surface area contributed by atoms with E-state index in [2.05, 4.69) is 44.1 Å². The molecule has 2 aromatic rings. The van der Waals surface area contributed by atoms with Gasteiger partial charge in [0, 0.05) is 24.0 Å². The number of nitrogens with one attached hydrogen (secondary N) is 1. The smallest absolute Gasteiger partial charge is 0.266 e. The van der Waals surface area contributed by atoms with Crippen LogP contribution in [0.5, 0.6) is 0 Å². The molecule has 28 heavy (non-hydrogen) atoms. The van der Waals surface area contributed by atoms with Gasteiger partial charge in [0.05, 0.1) is 5.54 Å². The third kappa shape index (κ3) is 3.84. The predicted molar refractivity (Wildman–Crippen MR) is 116 cm³/mol. The molecule has 1 N–H and O–H groups in total. The Morgan fingerprint density at radius 3 is 2.61 bits per heavy atom. The van der Waals surface area contributed by atoms with Crippen LogP contribution in [0.15, 0.2) is 54.1 Å². The molecular formula is C24H25N3O. The number of anilines is 2. The number of carbonyl (C=O) groups excluding carboxylic acids is 1. The van der Waals surface area contributed by atoms with Crippen LogP contribution in [0.4, 0.5) is 11.4 Å². The van der Waals surface area contributed by atoms with E-state index in [9.17, 15) is 10.1 Å². The topological polar surface area (TPSA) is 56.1 Å². The van der Waals surface area contributed by atoms with Gasteiger partial charge in [0.15, 0.2) is 0 Å². The quantitative estimate of drug-likeness (QED) is 0.598. The van der Waals surface area contributed by atoms with Crippen molar-refractivity contribution in [2.45, 2.75) is 33.2 Å². The van der Waals surface area contributed by atoms with Crippen LogP contribution < -0.4 is 10.2 Å². The monoisotopic (exact) mass is 371 g/mol. The van der Waals surface area contributed by atoms with Crippen LogP contribution in [0.1, 0.15) is 37.5 Å². The summed E-state index contributed by atoms with van der Waals surface area (Å²) >= 11 is 0. The zero-order valence-electron chi connectivity index (χ0n) is 17.0. The molecule has 0 saturated heterocycles. The summed E-state index contributed by atoms with van der Waals surface area (Å²) in [5.74, 6) is -0.406. The van der Waals surface area contributed by atoms with E-state index in [1.807, 2.05) is 55.5 Å². The van der Waals surface area contributed by atoms with Crippen LogP contribution in [0.3, 0.4) is 0 Å². The Balaban J connectivity index is 1.91. The fourth-order valence-electron chi connectivity index (χ4n) is 3.50. The number of aryl methyl sites for hydroxylation is 1. The first kappa shape index (κ1) is 19.4. The number of rotatable bonds is 3. The molecular weight excluding hydrogens is 346 g/mol. The van der Waals surface area contributed by atoms with Gasteiger partial charge in [-0.1, -0.05) is 24.3 Å². The van der Waals surface area contributed by atoms with Gasteiger partial charge in [0.1, 0.15) is 11.6 Å². The minimum Gasteiger partial charge on any atom is -0.366 e. The van der Waals surface area contributed by atoms with E-state index in [4.69, 9.17) is 0 Å². The van der Waals surface area contributed by atoms with Gasteiger partial charge in [-0.3, -0.25) is 4.79 Å². The molecule has 0 aliphatic carbocycles. The molecule has 1 heterocycles. The van der Waals surface area contributed by atoms with Crippen molar-refractivity contribution >= 4 is 28.9 Å². The Bertz CT molecular complexity index is 1040. The van der Waals surface area contributed by atoms with Gasteiger partial charge in [-0.05, 0) is 74.7 Å². The molecule has 1 aliphatic rings. The highest BCUT2D eigenvalue weighted by atomic mass is 16.1. The zero-order valence-corrected chi connectivity index (χ0v) is 17.0. The summed E-state index contributed by atoms with van der Waals surface area (Å²) in [5, 5.41) is 12.3. The van der Waals surface area contributed by atoms with E-state index in [-0.39, 0.29) is 11.1 Å². The molecule has 142 valence electrons. The van der Waals surface area contributed by atoms with Gasteiger partial charge >= 0.3 is 0 Å². The van der Waals surface area contributed by atoms with Gasteiger partial charge in [0.2, 0.25) is 0 Å². The molecule has 0 aromatic heterocycles. The summed E-state index contributed by atoms with van der Waals surface area (Å²) in [6.07, 6.45) is 3.87. The van der Waals surface area contributed by atoms with Crippen molar-refractivity contribution in [2.75, 3.05) is 17.3 Å². The molecule has 0 unspecified atom stereocenters. The van der Waals surface area contributed by atoms with Crippen LogP contribution in [0, 0.1) is 18.3 Å². The number of fused-ring (bicyclic) bond motifs is 1. The average Bonchev–Trinajstić information content (AvgIpc) is 2.64. The zero-order chi connectivity index (χ0) is 20.5. The van der Waals surface area contributed by atoms with E-state index in [1.54, 1.807) is 6.08 Å². The fraction of sp³-hybridized carbons (Fsp3) is 0.250. The lowest BCUT2D eigenvalue weighted by molar-refractivity contribution is -0.112. The van der Waals surface area contributed by atoms with Crippen LogP contribution in [-0.2, 0) is 4.79 Å². The Hall–Kier alpha value is -3.32. The highest BCUT2D eigenvalue weighted by Gasteiger charge is 2.28. The maximum atomic E-state index is 12.5. The maximum Gasteiger partial charge on any atom is 0.266 e. The van der Waals surface area contributed by atoms with E-state index in [0.29, 0.717) is 5.69 Å². The molecule has 0 fully saturated rings. The van der Waals surface area contributed by atoms with E-state index in [0.717, 1.165) is 22.4 Å². The summed E-state index contributed by atoms with van der Waals surface area (Å²) in [4.78, 5) is 14.8. The molecule has 1 aliphatic heterocycles. The number of amides is 1. The molecule has 4 heteroatoms. The summed E-state index contributed by atoms with van der Waals surface area (Å²) in [5.41, 5.74) is 6.03. The van der Waals surface area contributed by atoms with Crippen molar-refractivity contribution < 1.29 is 4.79 Å². The molecule has 2 aromatic carbocycles. The SMILES string of the molecule is CC1=CC(C)(C)N(C)c2ccc(/C=C(\C#N)C(=O)Nc3cccc(C)c3)cc21. The number of nitriles is 1. The molecule has 0 saturated carbocycles. The summed E-state index contributed by atoms with van der Waals surface area (Å²) < 4.78 is 0. The summed E-state index contributed by atoms with van der Waals surface area (Å²) in [7, 11) is 2.08. The van der Waals surface area contributed by atoms with Crippen LogP contribution in [0.2, 0.25) is 0 Å². The number of allylic oxidation sites excluding steroid dienone is 1. The second-order valence-corrected chi connectivity index (χ2v) is 7.81. The average molecular weight is 371 g/mol. The molecule has 0 radical (unpaired) electrons. The first-order valence-electron chi connectivity index (χ1n) is 9.29. The van der Waals surface area contributed by atoms with Crippen molar-refractivity contribution in [3.05, 3.63) is 70.8 Å². The van der Waals surface area contributed by atoms with Gasteiger partial charge in [-0.15, -0.1) is 0 Å². The molecule has 3 rings (SSSR count). The number of hydrogen-bond acceptors (Lipinski definition) is 3. The highest BCUT2D eigenvalue weighted by molar-refractivity contribution is 6.09. The second-order valence-electron chi connectivity index (χ2n) is 7.81. The van der Waals surface area contributed by atoms with Gasteiger partial charge < -0.3 is 10.2 Å². The maximum absolute atomic E-state index is 12.5. The lowest BCUT2D eigenvalue weighted by Gasteiger charge is -2.40. The Labute approximate surface area is 166 Å². The third-order valence-corrected chi connectivity index (χ3v) is 5.19. The van der Waals surface area contributed by atoms with Gasteiger partial charge in [0.25, 0.3) is 5.91 Å². The van der Waals surface area contributed by atoms with Crippen molar-refractivity contribution in [3.63, 3.8) is 0 Å². The Morgan fingerprint density at radius 1 is 1.18 bits per heavy atom. The number of nitrogens with zero attached hydrogens (tertiary/aromatic N) is 2. The fourth-order valence-corrected chi connectivity index (χ4v) is 3.50. The molecule has 4 nitrogen and oxygen atoms in total. The van der Waals surface area contributed by atoms with Crippen molar-refractivity contribution in [3.8, 4) is 6.07 Å². The lowest BCUT2D eigenvalue weighted by atomic mass is 9.88. The molecule has 0 bridgehead atoms. The standard InChI is InChI=1S/C24H25N3O/c1-16-7-6-8-20(11-16)26-23(28)19(15-25)12-18-9-10-22-21(13-18)17(2)14-24(3,4)27(22)5/h6-14H,1-5H3,(H,26,28)/b19-12+. The Kier molecular flexibility index (Phi) is 5.11. The van der Waals surface area contributed by atoms with E-state index >= 15 is 0 Å². The minimum absolute atomic E-state index is 0.0556. The lowest BCUT2D eigenvalue weighted by Crippen LogP contribution is -2.42. The van der Waals surface area contributed by atoms with Gasteiger partial charge in [-0.25, -0.2) is 0 Å². The molecule has 0 spiro atoms. The summed E-state index contributed by atoms with van der Waals surface area (Å²) in [6, 6.07) is 15.6. The highest BCUT2D eigenvalue weighted by Crippen LogP contribution is 2.38. The minimum atomic E-state index is -0.406. The molecule has 0 atom stereocenters. The molecule has 1 amide bonds. The number of carbonyl (C=O) groups is 1. The normalized spacial score (nSPS) is 15.4. The van der Waals surface area contributed by atoms with E-state index in [1.165, 1.54) is 5.57 Å². The number of benzene rings is 2. The first-order chi connectivity index (χ1) is 13.2. The van der Waals surface area contributed by atoms with Crippen LogP contribution in [0.25, 0.3) is 11.6 Å².